The molecule has 0 fully saturated rings. The summed E-state index contributed by atoms with van der Waals surface area (Å²) in [6, 6.07) is 30.6. The van der Waals surface area contributed by atoms with Gasteiger partial charge in [-0.15, -0.1) is 0 Å². The number of ether oxygens (including phenoxy) is 1. The number of hydrogen-bond donors (Lipinski definition) is 1. The van der Waals surface area contributed by atoms with Crippen molar-refractivity contribution in [2.24, 2.45) is 0 Å². The van der Waals surface area contributed by atoms with Gasteiger partial charge in [0, 0.05) is 24.0 Å². The molecule has 0 aliphatic carbocycles. The van der Waals surface area contributed by atoms with E-state index in [0.717, 1.165) is 21.9 Å². The van der Waals surface area contributed by atoms with Crippen LogP contribution in [0.3, 0.4) is 0 Å². The van der Waals surface area contributed by atoms with Gasteiger partial charge in [0.2, 0.25) is 11.8 Å². The third kappa shape index (κ3) is 8.48. The van der Waals surface area contributed by atoms with Crippen LogP contribution in [0.5, 0.6) is 5.75 Å². The van der Waals surface area contributed by atoms with Crippen LogP contribution in [-0.2, 0) is 32.6 Å². The number of benzene rings is 4. The van der Waals surface area contributed by atoms with Crippen LogP contribution >= 0.6 is 15.9 Å². The molecule has 1 N–H and O–H groups in total. The van der Waals surface area contributed by atoms with Crippen LogP contribution in [0, 0.1) is 0 Å². The van der Waals surface area contributed by atoms with Crippen molar-refractivity contribution in [3.8, 4) is 5.75 Å². The first-order valence-electron chi connectivity index (χ1n) is 14.3. The zero-order valence-electron chi connectivity index (χ0n) is 24.7. The van der Waals surface area contributed by atoms with Crippen molar-refractivity contribution >= 4 is 43.5 Å². The van der Waals surface area contributed by atoms with Crippen LogP contribution in [-0.4, -0.2) is 51.4 Å². The molecule has 0 bridgehead atoms. The lowest BCUT2D eigenvalue weighted by molar-refractivity contribution is -0.140. The number of nitrogens with zero attached hydrogens (tertiary/aromatic N) is 2. The molecular weight excluding hydrogens is 642 g/mol. The maximum absolute atomic E-state index is 14.5. The van der Waals surface area contributed by atoms with E-state index in [1.807, 2.05) is 49.4 Å². The Balaban J connectivity index is 1.80. The largest absolute Gasteiger partial charge is 0.497 e. The summed E-state index contributed by atoms with van der Waals surface area (Å²) >= 11 is 3.43. The van der Waals surface area contributed by atoms with Gasteiger partial charge in [-0.05, 0) is 60.0 Å². The summed E-state index contributed by atoms with van der Waals surface area (Å²) in [5.74, 6) is -0.237. The van der Waals surface area contributed by atoms with Gasteiger partial charge in [-0.25, -0.2) is 8.42 Å². The molecular formula is C34H36BrN3O5S. The molecule has 44 heavy (non-hydrogen) atoms. The van der Waals surface area contributed by atoms with Gasteiger partial charge in [0.05, 0.1) is 17.7 Å². The highest BCUT2D eigenvalue weighted by Gasteiger charge is 2.34. The smallest absolute Gasteiger partial charge is 0.264 e. The standard InChI is InChI=1S/C34H36BrN3O5S/c1-3-20-36-34(40)32(22-26-12-6-4-7-13-26)37(24-27-14-10-17-30(21-27)43-2)33(39)25-38(29-16-11-15-28(35)23-29)44(41,42)31-18-8-5-9-19-31/h4-19,21,23,32H,3,20,22,24-25H2,1-2H3,(H,36,40)/t32-/m0/s1. The number of carbonyl (C=O) groups is 2. The van der Waals surface area contributed by atoms with E-state index in [2.05, 4.69) is 21.2 Å². The minimum atomic E-state index is -4.16. The molecule has 0 aliphatic rings. The number of anilines is 1. The molecule has 0 radical (unpaired) electrons. The molecule has 230 valence electrons. The van der Waals surface area contributed by atoms with Gasteiger partial charge in [-0.1, -0.05) is 89.6 Å². The molecule has 0 heterocycles. The summed E-state index contributed by atoms with van der Waals surface area (Å²) in [6.07, 6.45) is 0.966. The van der Waals surface area contributed by atoms with Crippen molar-refractivity contribution in [2.45, 2.75) is 37.2 Å². The summed E-state index contributed by atoms with van der Waals surface area (Å²) in [7, 11) is -2.60. The summed E-state index contributed by atoms with van der Waals surface area (Å²) in [5.41, 5.74) is 1.92. The lowest BCUT2D eigenvalue weighted by Gasteiger charge is -2.34. The van der Waals surface area contributed by atoms with Crippen molar-refractivity contribution in [1.29, 1.82) is 0 Å². The molecule has 10 heteroatoms. The van der Waals surface area contributed by atoms with E-state index in [4.69, 9.17) is 4.74 Å². The molecule has 0 aliphatic heterocycles. The van der Waals surface area contributed by atoms with Gasteiger partial charge in [0.25, 0.3) is 10.0 Å². The van der Waals surface area contributed by atoms with Crippen LogP contribution in [0.25, 0.3) is 0 Å². The fourth-order valence-corrected chi connectivity index (χ4v) is 6.58. The highest BCUT2D eigenvalue weighted by Crippen LogP contribution is 2.27. The first-order valence-corrected chi connectivity index (χ1v) is 16.5. The lowest BCUT2D eigenvalue weighted by Crippen LogP contribution is -2.53. The van der Waals surface area contributed by atoms with E-state index >= 15 is 0 Å². The maximum atomic E-state index is 14.5. The third-order valence-electron chi connectivity index (χ3n) is 7.01. The first kappa shape index (κ1) is 32.8. The Morgan fingerprint density at radius 1 is 0.864 bits per heavy atom. The molecule has 4 rings (SSSR count). The van der Waals surface area contributed by atoms with Crippen molar-refractivity contribution in [1.82, 2.24) is 10.2 Å². The Bertz CT molecular complexity index is 1650. The molecule has 2 amide bonds. The average Bonchev–Trinajstić information content (AvgIpc) is 3.04. The third-order valence-corrected chi connectivity index (χ3v) is 9.29. The fourth-order valence-electron chi connectivity index (χ4n) is 4.77. The van der Waals surface area contributed by atoms with Crippen LogP contribution in [0.2, 0.25) is 0 Å². The van der Waals surface area contributed by atoms with Gasteiger partial charge < -0.3 is 15.0 Å². The maximum Gasteiger partial charge on any atom is 0.264 e. The van der Waals surface area contributed by atoms with Crippen LogP contribution in [0.4, 0.5) is 5.69 Å². The molecule has 0 saturated carbocycles. The molecule has 1 atom stereocenters. The number of sulfonamides is 1. The fraction of sp³-hybridized carbons (Fsp3) is 0.235. The van der Waals surface area contributed by atoms with Gasteiger partial charge in [0.1, 0.15) is 18.3 Å². The highest BCUT2D eigenvalue weighted by molar-refractivity contribution is 9.10. The normalized spacial score (nSPS) is 11.8. The van der Waals surface area contributed by atoms with E-state index in [1.54, 1.807) is 61.7 Å². The molecule has 0 spiro atoms. The number of hydrogen-bond acceptors (Lipinski definition) is 5. The number of nitrogens with one attached hydrogen (secondary N) is 1. The zero-order chi connectivity index (χ0) is 31.5. The topological polar surface area (TPSA) is 96.0 Å². The van der Waals surface area contributed by atoms with E-state index in [-0.39, 0.29) is 23.8 Å². The van der Waals surface area contributed by atoms with Crippen molar-refractivity contribution in [3.63, 3.8) is 0 Å². The summed E-state index contributed by atoms with van der Waals surface area (Å²) < 4.78 is 35.2. The van der Waals surface area contributed by atoms with Crippen LogP contribution < -0.4 is 14.4 Å². The monoisotopic (exact) mass is 677 g/mol. The predicted octanol–water partition coefficient (Wildman–Crippen LogP) is 5.82. The van der Waals surface area contributed by atoms with E-state index in [0.29, 0.717) is 22.5 Å². The Kier molecular flexibility index (Phi) is 11.6. The number of carbonyl (C=O) groups excluding carboxylic acids is 2. The van der Waals surface area contributed by atoms with Crippen molar-refractivity contribution in [3.05, 3.63) is 125 Å². The lowest BCUT2D eigenvalue weighted by atomic mass is 10.0. The predicted molar refractivity (Wildman–Crippen MR) is 176 cm³/mol. The molecule has 8 nitrogen and oxygen atoms in total. The SMILES string of the molecule is CCCNC(=O)[C@H](Cc1ccccc1)N(Cc1cccc(OC)c1)C(=O)CN(c1cccc(Br)c1)S(=O)(=O)c1ccccc1. The Morgan fingerprint density at radius 3 is 2.18 bits per heavy atom. The Labute approximate surface area is 267 Å². The van der Waals surface area contributed by atoms with Gasteiger partial charge in [0.15, 0.2) is 0 Å². The van der Waals surface area contributed by atoms with Gasteiger partial charge >= 0.3 is 0 Å². The van der Waals surface area contributed by atoms with Gasteiger partial charge in [-0.3, -0.25) is 13.9 Å². The van der Waals surface area contributed by atoms with E-state index in [9.17, 15) is 18.0 Å². The average molecular weight is 679 g/mol. The second-order valence-electron chi connectivity index (χ2n) is 10.2. The molecule has 0 saturated heterocycles. The number of rotatable bonds is 14. The van der Waals surface area contributed by atoms with Gasteiger partial charge in [-0.2, -0.15) is 0 Å². The zero-order valence-corrected chi connectivity index (χ0v) is 27.1. The minimum Gasteiger partial charge on any atom is -0.497 e. The molecule has 4 aromatic rings. The van der Waals surface area contributed by atoms with E-state index < -0.39 is 28.5 Å². The highest BCUT2D eigenvalue weighted by atomic mass is 79.9. The number of methoxy groups -OCH3 is 1. The second kappa shape index (κ2) is 15.5. The summed E-state index contributed by atoms with van der Waals surface area (Å²) in [4.78, 5) is 29.7. The summed E-state index contributed by atoms with van der Waals surface area (Å²) in [5, 5.41) is 2.95. The molecule has 4 aromatic carbocycles. The molecule has 0 aromatic heterocycles. The first-order chi connectivity index (χ1) is 21.2. The van der Waals surface area contributed by atoms with Crippen molar-refractivity contribution in [2.75, 3.05) is 24.5 Å². The number of halogens is 1. The summed E-state index contributed by atoms with van der Waals surface area (Å²) in [6.45, 7) is 1.93. The Morgan fingerprint density at radius 2 is 1.52 bits per heavy atom. The van der Waals surface area contributed by atoms with Crippen molar-refractivity contribution < 1.29 is 22.7 Å². The quantitative estimate of drug-likeness (QED) is 0.182. The molecule has 0 unspecified atom stereocenters. The second-order valence-corrected chi connectivity index (χ2v) is 13.0. The van der Waals surface area contributed by atoms with Crippen LogP contribution in [0.1, 0.15) is 24.5 Å². The van der Waals surface area contributed by atoms with E-state index in [1.165, 1.54) is 17.0 Å². The number of amides is 2. The Hall–Kier alpha value is -4.15. The van der Waals surface area contributed by atoms with Crippen LogP contribution in [0.15, 0.2) is 119 Å². The minimum absolute atomic E-state index is 0.0497.